The highest BCUT2D eigenvalue weighted by Gasteiger charge is 2.25. The summed E-state index contributed by atoms with van der Waals surface area (Å²) in [5.41, 5.74) is 2.72. The summed E-state index contributed by atoms with van der Waals surface area (Å²) < 4.78 is 5.99. The highest BCUT2D eigenvalue weighted by molar-refractivity contribution is 5.89. The zero-order chi connectivity index (χ0) is 17.3. The molecule has 0 radical (unpaired) electrons. The third-order valence-corrected chi connectivity index (χ3v) is 4.14. The first kappa shape index (κ1) is 16.3. The normalized spacial score (nSPS) is 13.8. The van der Waals surface area contributed by atoms with Crippen LogP contribution in [-0.4, -0.2) is 23.3 Å². The summed E-state index contributed by atoms with van der Waals surface area (Å²) in [6.45, 7) is 6.63. The van der Waals surface area contributed by atoms with Gasteiger partial charge in [0.05, 0.1) is 0 Å². The van der Waals surface area contributed by atoms with Crippen molar-refractivity contribution in [2.24, 2.45) is 5.92 Å². The lowest BCUT2D eigenvalue weighted by atomic mass is 10.1. The van der Waals surface area contributed by atoms with Gasteiger partial charge in [0, 0.05) is 49.2 Å². The molecule has 3 rings (SSSR count). The van der Waals surface area contributed by atoms with Gasteiger partial charge in [-0.25, -0.2) is 0 Å². The van der Waals surface area contributed by atoms with Gasteiger partial charge in [0.1, 0.15) is 11.5 Å². The Hall–Kier alpha value is -2.56. The summed E-state index contributed by atoms with van der Waals surface area (Å²) in [6.07, 6.45) is 0.735. The van der Waals surface area contributed by atoms with E-state index in [0.29, 0.717) is 13.1 Å². The first-order chi connectivity index (χ1) is 11.4. The number of nitrogens with one attached hydrogen (secondary N) is 1. The van der Waals surface area contributed by atoms with Gasteiger partial charge in [-0.2, -0.15) is 0 Å². The summed E-state index contributed by atoms with van der Waals surface area (Å²) in [5.74, 6) is 1.80. The van der Waals surface area contributed by atoms with E-state index in [1.54, 1.807) is 0 Å². The second-order valence-corrected chi connectivity index (χ2v) is 6.49. The van der Waals surface area contributed by atoms with Crippen LogP contribution in [0.3, 0.4) is 0 Å². The van der Waals surface area contributed by atoms with Crippen LogP contribution in [0.25, 0.3) is 11.3 Å². The molecule has 5 nitrogen and oxygen atoms in total. The number of rotatable bonds is 3. The summed E-state index contributed by atoms with van der Waals surface area (Å²) in [5, 5.41) is 2.78. The second kappa shape index (κ2) is 6.51. The monoisotopic (exact) mass is 326 g/mol. The molecule has 1 aliphatic heterocycles. The summed E-state index contributed by atoms with van der Waals surface area (Å²) in [4.78, 5) is 25.3. The van der Waals surface area contributed by atoms with Crippen molar-refractivity contribution in [3.8, 4) is 11.3 Å². The lowest BCUT2D eigenvalue weighted by molar-refractivity contribution is -0.135. The molecule has 5 heteroatoms. The van der Waals surface area contributed by atoms with Gasteiger partial charge in [-0.3, -0.25) is 9.59 Å². The van der Waals surface area contributed by atoms with E-state index >= 15 is 0 Å². The average Bonchev–Trinajstić information content (AvgIpc) is 2.96. The van der Waals surface area contributed by atoms with Crippen molar-refractivity contribution in [2.75, 3.05) is 11.9 Å². The van der Waals surface area contributed by atoms with Gasteiger partial charge in [0.25, 0.3) is 0 Å². The van der Waals surface area contributed by atoms with Crippen LogP contribution in [0.2, 0.25) is 0 Å². The Morgan fingerprint density at radius 1 is 1.25 bits per heavy atom. The number of amides is 2. The van der Waals surface area contributed by atoms with E-state index in [9.17, 15) is 9.59 Å². The summed E-state index contributed by atoms with van der Waals surface area (Å²) in [7, 11) is 0. The standard InChI is InChI=1S/C19H22N2O3/c1-12(2)19(23)21-8-7-17-15(11-21)10-18(24-17)14-5-4-6-16(9-14)20-13(3)22/h4-6,9-10,12H,7-8,11H2,1-3H3,(H,20,22). The number of fused-ring (bicyclic) bond motifs is 1. The fourth-order valence-electron chi connectivity index (χ4n) is 2.98. The molecule has 2 heterocycles. The first-order valence-corrected chi connectivity index (χ1v) is 8.22. The quantitative estimate of drug-likeness (QED) is 0.940. The summed E-state index contributed by atoms with van der Waals surface area (Å²) in [6, 6.07) is 9.57. The van der Waals surface area contributed by atoms with Crippen molar-refractivity contribution in [2.45, 2.75) is 33.7 Å². The Morgan fingerprint density at radius 3 is 2.75 bits per heavy atom. The molecule has 0 fully saturated rings. The summed E-state index contributed by atoms with van der Waals surface area (Å²) >= 11 is 0. The number of hydrogen-bond donors (Lipinski definition) is 1. The molecule has 0 saturated heterocycles. The van der Waals surface area contributed by atoms with Crippen LogP contribution in [0.5, 0.6) is 0 Å². The van der Waals surface area contributed by atoms with Crippen LogP contribution in [0.4, 0.5) is 5.69 Å². The third-order valence-electron chi connectivity index (χ3n) is 4.14. The molecule has 1 N–H and O–H groups in total. The van der Waals surface area contributed by atoms with Crippen molar-refractivity contribution in [1.82, 2.24) is 4.90 Å². The Kier molecular flexibility index (Phi) is 4.42. The van der Waals surface area contributed by atoms with Gasteiger partial charge in [-0.05, 0) is 18.2 Å². The molecule has 0 aliphatic carbocycles. The molecule has 0 spiro atoms. The van der Waals surface area contributed by atoms with Crippen molar-refractivity contribution >= 4 is 17.5 Å². The minimum atomic E-state index is -0.103. The number of carbonyl (C=O) groups is 2. The maximum Gasteiger partial charge on any atom is 0.225 e. The molecule has 0 atom stereocenters. The van der Waals surface area contributed by atoms with Crippen molar-refractivity contribution in [3.05, 3.63) is 41.7 Å². The third kappa shape index (κ3) is 3.35. The minimum absolute atomic E-state index is 0.00672. The van der Waals surface area contributed by atoms with Crippen LogP contribution >= 0.6 is 0 Å². The predicted octanol–water partition coefficient (Wildman–Crippen LogP) is 3.45. The fourth-order valence-corrected chi connectivity index (χ4v) is 2.98. The molecule has 24 heavy (non-hydrogen) atoms. The van der Waals surface area contributed by atoms with Crippen molar-refractivity contribution in [1.29, 1.82) is 0 Å². The van der Waals surface area contributed by atoms with E-state index in [0.717, 1.165) is 34.8 Å². The number of carbonyl (C=O) groups excluding carboxylic acids is 2. The smallest absolute Gasteiger partial charge is 0.225 e. The number of furan rings is 1. The van der Waals surface area contributed by atoms with E-state index in [1.807, 2.05) is 49.1 Å². The maximum absolute atomic E-state index is 12.2. The zero-order valence-electron chi connectivity index (χ0n) is 14.3. The molecule has 0 unspecified atom stereocenters. The lowest BCUT2D eigenvalue weighted by Crippen LogP contribution is -2.37. The van der Waals surface area contributed by atoms with E-state index in [4.69, 9.17) is 4.42 Å². The van der Waals surface area contributed by atoms with Crippen LogP contribution in [0, 0.1) is 5.92 Å². The highest BCUT2D eigenvalue weighted by atomic mass is 16.3. The number of nitrogens with zero attached hydrogens (tertiary/aromatic N) is 1. The van der Waals surface area contributed by atoms with Crippen molar-refractivity contribution in [3.63, 3.8) is 0 Å². The van der Waals surface area contributed by atoms with Gasteiger partial charge in [-0.15, -0.1) is 0 Å². The van der Waals surface area contributed by atoms with Gasteiger partial charge in [-0.1, -0.05) is 26.0 Å². The Bertz CT molecular complexity index is 777. The second-order valence-electron chi connectivity index (χ2n) is 6.49. The van der Waals surface area contributed by atoms with Crippen LogP contribution < -0.4 is 5.32 Å². The molecule has 2 amide bonds. The average molecular weight is 326 g/mol. The van der Waals surface area contributed by atoms with E-state index < -0.39 is 0 Å². The molecule has 1 aromatic heterocycles. The Balaban J connectivity index is 1.83. The van der Waals surface area contributed by atoms with Gasteiger partial charge in [0.2, 0.25) is 11.8 Å². The number of hydrogen-bond acceptors (Lipinski definition) is 3. The zero-order valence-corrected chi connectivity index (χ0v) is 14.3. The van der Waals surface area contributed by atoms with E-state index in [1.165, 1.54) is 6.92 Å². The van der Waals surface area contributed by atoms with Gasteiger partial charge >= 0.3 is 0 Å². The lowest BCUT2D eigenvalue weighted by Gasteiger charge is -2.27. The Labute approximate surface area is 141 Å². The molecular formula is C19H22N2O3. The molecule has 0 saturated carbocycles. The fraction of sp³-hybridized carbons (Fsp3) is 0.368. The Morgan fingerprint density at radius 2 is 2.04 bits per heavy atom. The molecule has 0 bridgehead atoms. The molecule has 1 aliphatic rings. The highest BCUT2D eigenvalue weighted by Crippen LogP contribution is 2.31. The first-order valence-electron chi connectivity index (χ1n) is 8.22. The van der Waals surface area contributed by atoms with Crippen LogP contribution in [0.1, 0.15) is 32.1 Å². The molecule has 2 aromatic rings. The SMILES string of the molecule is CC(=O)Nc1cccc(-c2cc3c(o2)CCN(C(=O)C(C)C)C3)c1. The predicted molar refractivity (Wildman–Crippen MR) is 92.4 cm³/mol. The van der Waals surface area contributed by atoms with E-state index in [-0.39, 0.29) is 17.7 Å². The molecule has 1 aromatic carbocycles. The topological polar surface area (TPSA) is 62.6 Å². The van der Waals surface area contributed by atoms with Gasteiger partial charge < -0.3 is 14.6 Å². The number of benzene rings is 1. The molecular weight excluding hydrogens is 304 g/mol. The minimum Gasteiger partial charge on any atom is -0.461 e. The van der Waals surface area contributed by atoms with Crippen molar-refractivity contribution < 1.29 is 14.0 Å². The molecule has 126 valence electrons. The maximum atomic E-state index is 12.2. The largest absolute Gasteiger partial charge is 0.461 e. The van der Waals surface area contributed by atoms with Crippen LogP contribution in [-0.2, 0) is 22.6 Å². The van der Waals surface area contributed by atoms with Crippen LogP contribution in [0.15, 0.2) is 34.7 Å². The van der Waals surface area contributed by atoms with Gasteiger partial charge in [0.15, 0.2) is 0 Å². The number of anilines is 1. The van der Waals surface area contributed by atoms with E-state index in [2.05, 4.69) is 5.32 Å².